The molecule has 0 atom stereocenters. The first-order valence-electron chi connectivity index (χ1n) is 5.85. The van der Waals surface area contributed by atoms with Gasteiger partial charge in [-0.05, 0) is 42.4 Å². The van der Waals surface area contributed by atoms with Crippen LogP contribution in [-0.2, 0) is 11.2 Å². The molecular formula is C13H17NO2S. The summed E-state index contributed by atoms with van der Waals surface area (Å²) in [6.07, 6.45) is 2.54. The first-order valence-corrected chi connectivity index (χ1v) is 6.49. The van der Waals surface area contributed by atoms with E-state index in [1.165, 1.54) is 5.56 Å². The Kier molecular flexibility index (Phi) is 3.94. The van der Waals surface area contributed by atoms with Crippen LogP contribution in [0.3, 0.4) is 0 Å². The van der Waals surface area contributed by atoms with E-state index in [0.29, 0.717) is 12.2 Å². The largest absolute Gasteiger partial charge is 0.493 e. The third-order valence-corrected chi connectivity index (χ3v) is 3.20. The number of hydrogen-bond donors (Lipinski definition) is 1. The van der Waals surface area contributed by atoms with Gasteiger partial charge >= 0.3 is 0 Å². The van der Waals surface area contributed by atoms with Gasteiger partial charge in [0.2, 0.25) is 5.91 Å². The normalized spacial score (nSPS) is 13.8. The molecule has 2 rings (SSSR count). The van der Waals surface area contributed by atoms with Crippen molar-refractivity contribution in [2.45, 2.75) is 19.3 Å². The summed E-state index contributed by atoms with van der Waals surface area (Å²) in [6, 6.07) is 5.93. The predicted molar refractivity (Wildman–Crippen MR) is 72.1 cm³/mol. The maximum absolute atomic E-state index is 11.8. The van der Waals surface area contributed by atoms with Gasteiger partial charge in [0.15, 0.2) is 0 Å². The Bertz CT molecular complexity index is 420. The molecule has 17 heavy (non-hydrogen) atoms. The summed E-state index contributed by atoms with van der Waals surface area (Å²) < 4.78 is 5.55. The van der Waals surface area contributed by atoms with Gasteiger partial charge < -0.3 is 9.64 Å². The highest BCUT2D eigenvalue weighted by Gasteiger charge is 2.14. The van der Waals surface area contributed by atoms with E-state index in [9.17, 15) is 4.79 Å². The molecule has 3 nitrogen and oxygen atoms in total. The van der Waals surface area contributed by atoms with Crippen LogP contribution >= 0.6 is 12.6 Å². The van der Waals surface area contributed by atoms with Crippen LogP contribution in [0.4, 0.5) is 5.69 Å². The zero-order chi connectivity index (χ0) is 12.3. The Morgan fingerprint density at radius 2 is 2.35 bits per heavy atom. The lowest BCUT2D eigenvalue weighted by Gasteiger charge is -2.22. The molecule has 1 aromatic carbocycles. The SMILES string of the molecule is CN(C(=O)CCS)c1ccc2c(c1)CCCO2. The minimum absolute atomic E-state index is 0.0941. The van der Waals surface area contributed by atoms with E-state index in [-0.39, 0.29) is 5.91 Å². The van der Waals surface area contributed by atoms with Gasteiger partial charge in [-0.15, -0.1) is 0 Å². The van der Waals surface area contributed by atoms with Crippen LogP contribution in [0.1, 0.15) is 18.4 Å². The number of aryl methyl sites for hydroxylation is 1. The highest BCUT2D eigenvalue weighted by atomic mass is 32.1. The molecule has 0 aromatic heterocycles. The van der Waals surface area contributed by atoms with E-state index in [4.69, 9.17) is 4.74 Å². The molecule has 1 aliphatic heterocycles. The summed E-state index contributed by atoms with van der Waals surface area (Å²) in [5.74, 6) is 1.63. The number of carbonyl (C=O) groups excluding carboxylic acids is 1. The zero-order valence-electron chi connectivity index (χ0n) is 9.98. The lowest BCUT2D eigenvalue weighted by atomic mass is 10.1. The molecular weight excluding hydrogens is 234 g/mol. The molecule has 0 aliphatic carbocycles. The number of nitrogens with zero attached hydrogens (tertiary/aromatic N) is 1. The van der Waals surface area contributed by atoms with Crippen molar-refractivity contribution in [1.29, 1.82) is 0 Å². The molecule has 0 radical (unpaired) electrons. The van der Waals surface area contributed by atoms with Crippen LogP contribution in [0.2, 0.25) is 0 Å². The molecule has 0 N–H and O–H groups in total. The molecule has 0 saturated carbocycles. The van der Waals surface area contributed by atoms with Crippen molar-refractivity contribution in [3.8, 4) is 5.75 Å². The minimum Gasteiger partial charge on any atom is -0.493 e. The van der Waals surface area contributed by atoms with E-state index >= 15 is 0 Å². The summed E-state index contributed by atoms with van der Waals surface area (Å²) in [5.41, 5.74) is 2.13. The molecule has 0 unspecified atom stereocenters. The van der Waals surface area contributed by atoms with E-state index in [0.717, 1.165) is 30.9 Å². The van der Waals surface area contributed by atoms with Crippen LogP contribution < -0.4 is 9.64 Å². The second-order valence-corrected chi connectivity index (χ2v) is 4.62. The Morgan fingerprint density at radius 3 is 3.12 bits per heavy atom. The van der Waals surface area contributed by atoms with Crippen molar-refractivity contribution < 1.29 is 9.53 Å². The molecule has 1 aromatic rings. The molecule has 0 spiro atoms. The third-order valence-electron chi connectivity index (χ3n) is 2.98. The second-order valence-electron chi connectivity index (χ2n) is 4.17. The second kappa shape index (κ2) is 5.45. The maximum atomic E-state index is 11.8. The number of fused-ring (bicyclic) bond motifs is 1. The maximum Gasteiger partial charge on any atom is 0.227 e. The number of benzene rings is 1. The van der Waals surface area contributed by atoms with Crippen molar-refractivity contribution in [2.24, 2.45) is 0 Å². The minimum atomic E-state index is 0.0941. The van der Waals surface area contributed by atoms with Gasteiger partial charge in [0.05, 0.1) is 6.61 Å². The predicted octanol–water partition coefficient (Wildman–Crippen LogP) is 2.29. The van der Waals surface area contributed by atoms with Crippen molar-refractivity contribution in [2.75, 3.05) is 24.3 Å². The fourth-order valence-corrected chi connectivity index (χ4v) is 2.15. The number of carbonyl (C=O) groups is 1. The first kappa shape index (κ1) is 12.3. The highest BCUT2D eigenvalue weighted by molar-refractivity contribution is 7.80. The Labute approximate surface area is 107 Å². The van der Waals surface area contributed by atoms with Gasteiger partial charge in [0, 0.05) is 19.2 Å². The average Bonchev–Trinajstić information content (AvgIpc) is 2.37. The molecule has 4 heteroatoms. The number of amides is 1. The van der Waals surface area contributed by atoms with Crippen molar-refractivity contribution in [3.63, 3.8) is 0 Å². The molecule has 1 aliphatic rings. The summed E-state index contributed by atoms with van der Waals surface area (Å²) in [4.78, 5) is 13.4. The summed E-state index contributed by atoms with van der Waals surface area (Å²) >= 11 is 4.08. The Hall–Kier alpha value is -1.16. The van der Waals surface area contributed by atoms with Crippen LogP contribution in [0.5, 0.6) is 5.75 Å². The van der Waals surface area contributed by atoms with E-state index in [1.807, 2.05) is 18.2 Å². The number of rotatable bonds is 3. The molecule has 0 bridgehead atoms. The molecule has 92 valence electrons. The first-order chi connectivity index (χ1) is 8.22. The smallest absolute Gasteiger partial charge is 0.227 e. The highest BCUT2D eigenvalue weighted by Crippen LogP contribution is 2.28. The lowest BCUT2D eigenvalue weighted by molar-refractivity contribution is -0.117. The summed E-state index contributed by atoms with van der Waals surface area (Å²) in [5, 5.41) is 0. The van der Waals surface area contributed by atoms with Gasteiger partial charge in [-0.3, -0.25) is 4.79 Å². The topological polar surface area (TPSA) is 29.5 Å². The number of thiol groups is 1. The van der Waals surface area contributed by atoms with Crippen LogP contribution in [-0.4, -0.2) is 25.3 Å². The summed E-state index contributed by atoms with van der Waals surface area (Å²) in [6.45, 7) is 0.792. The standard InChI is InChI=1S/C13H17NO2S/c1-14(13(15)6-8-17)11-4-5-12-10(9-11)3-2-7-16-12/h4-5,9,17H,2-3,6-8H2,1H3. The average molecular weight is 251 g/mol. The van der Waals surface area contributed by atoms with Crippen LogP contribution in [0.15, 0.2) is 18.2 Å². The number of ether oxygens (including phenoxy) is 1. The monoisotopic (exact) mass is 251 g/mol. The van der Waals surface area contributed by atoms with Crippen LogP contribution in [0.25, 0.3) is 0 Å². The Morgan fingerprint density at radius 1 is 1.53 bits per heavy atom. The van der Waals surface area contributed by atoms with E-state index in [1.54, 1.807) is 11.9 Å². The Balaban J connectivity index is 2.18. The van der Waals surface area contributed by atoms with Gasteiger partial charge in [-0.2, -0.15) is 12.6 Å². The van der Waals surface area contributed by atoms with Crippen LogP contribution in [0, 0.1) is 0 Å². The van der Waals surface area contributed by atoms with Gasteiger partial charge in [0.25, 0.3) is 0 Å². The zero-order valence-corrected chi connectivity index (χ0v) is 10.9. The van der Waals surface area contributed by atoms with Gasteiger partial charge in [-0.1, -0.05) is 0 Å². The molecule has 0 saturated heterocycles. The van der Waals surface area contributed by atoms with Gasteiger partial charge in [0.1, 0.15) is 5.75 Å². The summed E-state index contributed by atoms with van der Waals surface area (Å²) in [7, 11) is 1.80. The number of anilines is 1. The fraction of sp³-hybridized carbons (Fsp3) is 0.462. The fourth-order valence-electron chi connectivity index (χ4n) is 1.96. The van der Waals surface area contributed by atoms with Gasteiger partial charge in [-0.25, -0.2) is 0 Å². The third kappa shape index (κ3) is 2.75. The molecule has 0 fully saturated rings. The van der Waals surface area contributed by atoms with E-state index < -0.39 is 0 Å². The van der Waals surface area contributed by atoms with Crippen molar-refractivity contribution in [1.82, 2.24) is 0 Å². The quantitative estimate of drug-likeness (QED) is 0.835. The van der Waals surface area contributed by atoms with Crippen molar-refractivity contribution in [3.05, 3.63) is 23.8 Å². The van der Waals surface area contributed by atoms with E-state index in [2.05, 4.69) is 12.6 Å². The number of hydrogen-bond acceptors (Lipinski definition) is 3. The molecule has 1 heterocycles. The lowest BCUT2D eigenvalue weighted by Crippen LogP contribution is -2.26. The van der Waals surface area contributed by atoms with Crippen molar-refractivity contribution >= 4 is 24.2 Å². The molecule has 1 amide bonds.